The Morgan fingerprint density at radius 3 is 2.43 bits per heavy atom. The van der Waals surface area contributed by atoms with Crippen molar-refractivity contribution in [1.82, 2.24) is 0 Å². The summed E-state index contributed by atoms with van der Waals surface area (Å²) in [4.78, 5) is 0. The lowest BCUT2D eigenvalue weighted by atomic mass is 10.2. The van der Waals surface area contributed by atoms with Gasteiger partial charge in [-0.25, -0.2) is 0 Å². The zero-order valence-corrected chi connectivity index (χ0v) is 11.5. The first kappa shape index (κ1) is 14.9. The Labute approximate surface area is 121 Å². The van der Waals surface area contributed by atoms with Crippen molar-refractivity contribution in [1.29, 1.82) is 0 Å². The van der Waals surface area contributed by atoms with Crippen molar-refractivity contribution < 1.29 is 18.3 Å². The molecule has 0 aliphatic carbocycles. The number of rotatable bonds is 6. The van der Waals surface area contributed by atoms with Gasteiger partial charge in [-0.1, -0.05) is 18.2 Å². The SMILES string of the molecule is CCOc1cccc(Nc2ccccc2OC(F)F)c1N. The molecule has 3 N–H and O–H groups in total. The van der Waals surface area contributed by atoms with Crippen LogP contribution in [0, 0.1) is 0 Å². The normalized spacial score (nSPS) is 10.5. The molecule has 0 amide bonds. The van der Waals surface area contributed by atoms with E-state index < -0.39 is 6.61 Å². The largest absolute Gasteiger partial charge is 0.492 e. The van der Waals surface area contributed by atoms with Crippen molar-refractivity contribution in [3.63, 3.8) is 0 Å². The Bertz CT molecular complexity index is 606. The number of nitrogens with two attached hydrogens (primary N) is 1. The van der Waals surface area contributed by atoms with E-state index in [-0.39, 0.29) is 5.75 Å². The fourth-order valence-corrected chi connectivity index (χ4v) is 1.85. The van der Waals surface area contributed by atoms with Gasteiger partial charge in [0.05, 0.1) is 23.7 Å². The summed E-state index contributed by atoms with van der Waals surface area (Å²) < 4.78 is 34.6. The maximum absolute atomic E-state index is 12.4. The van der Waals surface area contributed by atoms with Crippen molar-refractivity contribution >= 4 is 17.1 Å². The van der Waals surface area contributed by atoms with Crippen LogP contribution in [0.1, 0.15) is 6.92 Å². The molecule has 21 heavy (non-hydrogen) atoms. The van der Waals surface area contributed by atoms with Crippen LogP contribution in [-0.4, -0.2) is 13.2 Å². The number of para-hydroxylation sites is 3. The first-order valence-electron chi connectivity index (χ1n) is 6.44. The lowest BCUT2D eigenvalue weighted by molar-refractivity contribution is -0.0493. The molecule has 112 valence electrons. The number of nitrogens with one attached hydrogen (secondary N) is 1. The van der Waals surface area contributed by atoms with Crippen molar-refractivity contribution in [2.75, 3.05) is 17.7 Å². The molecule has 0 aliphatic heterocycles. The average molecular weight is 294 g/mol. The van der Waals surface area contributed by atoms with Gasteiger partial charge in [-0.15, -0.1) is 0 Å². The van der Waals surface area contributed by atoms with E-state index in [4.69, 9.17) is 10.5 Å². The molecule has 0 unspecified atom stereocenters. The molecular formula is C15H16F2N2O2. The fourth-order valence-electron chi connectivity index (χ4n) is 1.85. The fraction of sp³-hybridized carbons (Fsp3) is 0.200. The van der Waals surface area contributed by atoms with Gasteiger partial charge in [0.15, 0.2) is 0 Å². The second kappa shape index (κ2) is 6.78. The van der Waals surface area contributed by atoms with Gasteiger partial charge in [0.1, 0.15) is 11.5 Å². The highest BCUT2D eigenvalue weighted by Crippen LogP contribution is 2.35. The molecule has 0 heterocycles. The highest BCUT2D eigenvalue weighted by Gasteiger charge is 2.11. The van der Waals surface area contributed by atoms with E-state index in [2.05, 4.69) is 10.1 Å². The summed E-state index contributed by atoms with van der Waals surface area (Å²) in [5, 5.41) is 2.98. The first-order valence-corrected chi connectivity index (χ1v) is 6.44. The molecule has 0 aliphatic rings. The van der Waals surface area contributed by atoms with Gasteiger partial charge < -0.3 is 20.5 Å². The molecule has 6 heteroatoms. The molecular weight excluding hydrogens is 278 g/mol. The Morgan fingerprint density at radius 1 is 1.05 bits per heavy atom. The van der Waals surface area contributed by atoms with Crippen LogP contribution in [0.25, 0.3) is 0 Å². The second-order valence-electron chi connectivity index (χ2n) is 4.15. The molecule has 0 bridgehead atoms. The highest BCUT2D eigenvalue weighted by atomic mass is 19.3. The smallest absolute Gasteiger partial charge is 0.387 e. The van der Waals surface area contributed by atoms with Gasteiger partial charge in [-0.3, -0.25) is 0 Å². The predicted molar refractivity (Wildman–Crippen MR) is 78.4 cm³/mol. The number of anilines is 3. The number of halogens is 2. The van der Waals surface area contributed by atoms with Gasteiger partial charge in [0.25, 0.3) is 0 Å². The third-order valence-electron chi connectivity index (χ3n) is 2.74. The molecule has 2 aromatic carbocycles. The molecule has 2 aromatic rings. The van der Waals surface area contributed by atoms with Crippen LogP contribution >= 0.6 is 0 Å². The topological polar surface area (TPSA) is 56.5 Å². The van der Waals surface area contributed by atoms with Crippen LogP contribution in [0.3, 0.4) is 0 Å². The van der Waals surface area contributed by atoms with E-state index >= 15 is 0 Å². The Kier molecular flexibility index (Phi) is 4.81. The molecule has 0 saturated carbocycles. The monoisotopic (exact) mass is 294 g/mol. The summed E-state index contributed by atoms with van der Waals surface area (Å²) in [6.07, 6.45) is 0. The summed E-state index contributed by atoms with van der Waals surface area (Å²) >= 11 is 0. The lowest BCUT2D eigenvalue weighted by Crippen LogP contribution is -2.05. The van der Waals surface area contributed by atoms with Crippen LogP contribution in [0.15, 0.2) is 42.5 Å². The highest BCUT2D eigenvalue weighted by molar-refractivity contribution is 5.79. The minimum atomic E-state index is -2.89. The average Bonchev–Trinajstić information content (AvgIpc) is 2.45. The van der Waals surface area contributed by atoms with Gasteiger partial charge in [0.2, 0.25) is 0 Å². The number of nitrogen functional groups attached to an aromatic ring is 1. The first-order chi connectivity index (χ1) is 10.1. The molecule has 0 aromatic heterocycles. The zero-order valence-electron chi connectivity index (χ0n) is 11.5. The summed E-state index contributed by atoms with van der Waals surface area (Å²) in [5.41, 5.74) is 7.36. The van der Waals surface area contributed by atoms with E-state index in [0.717, 1.165) is 0 Å². The maximum atomic E-state index is 12.4. The van der Waals surface area contributed by atoms with Gasteiger partial charge in [-0.05, 0) is 31.2 Å². The van der Waals surface area contributed by atoms with E-state index in [1.54, 1.807) is 36.4 Å². The molecule has 0 atom stereocenters. The summed E-state index contributed by atoms with van der Waals surface area (Å²) in [7, 11) is 0. The number of ether oxygens (including phenoxy) is 2. The zero-order chi connectivity index (χ0) is 15.2. The maximum Gasteiger partial charge on any atom is 0.387 e. The van der Waals surface area contributed by atoms with Gasteiger partial charge in [0, 0.05) is 0 Å². The number of hydrogen-bond acceptors (Lipinski definition) is 4. The number of benzene rings is 2. The van der Waals surface area contributed by atoms with Gasteiger partial charge >= 0.3 is 6.61 Å². The van der Waals surface area contributed by atoms with E-state index in [1.807, 2.05) is 6.92 Å². The van der Waals surface area contributed by atoms with Crippen LogP contribution in [0.2, 0.25) is 0 Å². The summed E-state index contributed by atoms with van der Waals surface area (Å²) in [5.74, 6) is 0.587. The van der Waals surface area contributed by atoms with Gasteiger partial charge in [-0.2, -0.15) is 8.78 Å². The lowest BCUT2D eigenvalue weighted by Gasteiger charge is -2.15. The summed E-state index contributed by atoms with van der Waals surface area (Å²) in [6.45, 7) is -0.551. The number of alkyl halides is 2. The van der Waals surface area contributed by atoms with Crippen molar-refractivity contribution in [3.05, 3.63) is 42.5 Å². The molecule has 0 saturated heterocycles. The minimum absolute atomic E-state index is 0.0497. The Morgan fingerprint density at radius 2 is 1.71 bits per heavy atom. The van der Waals surface area contributed by atoms with E-state index in [9.17, 15) is 8.78 Å². The van der Waals surface area contributed by atoms with Crippen molar-refractivity contribution in [2.24, 2.45) is 0 Å². The molecule has 0 spiro atoms. The van der Waals surface area contributed by atoms with Crippen molar-refractivity contribution in [2.45, 2.75) is 13.5 Å². The second-order valence-corrected chi connectivity index (χ2v) is 4.15. The standard InChI is InChI=1S/C15H16F2N2O2/c1-2-20-13-9-5-7-11(14(13)18)19-10-6-3-4-8-12(10)21-15(16)17/h3-9,15,19H,2,18H2,1H3. The van der Waals surface area contributed by atoms with Crippen LogP contribution < -0.4 is 20.5 Å². The Hall–Kier alpha value is -2.50. The van der Waals surface area contributed by atoms with Crippen molar-refractivity contribution in [3.8, 4) is 11.5 Å². The molecule has 2 rings (SSSR count). The number of hydrogen-bond donors (Lipinski definition) is 2. The quantitative estimate of drug-likeness (QED) is 0.790. The van der Waals surface area contributed by atoms with E-state index in [0.29, 0.717) is 29.4 Å². The van der Waals surface area contributed by atoms with Crippen LogP contribution in [0.5, 0.6) is 11.5 Å². The summed E-state index contributed by atoms with van der Waals surface area (Å²) in [6, 6.07) is 11.6. The predicted octanol–water partition coefficient (Wildman–Crippen LogP) is 4.01. The molecule has 0 radical (unpaired) electrons. The third kappa shape index (κ3) is 3.75. The molecule has 0 fully saturated rings. The van der Waals surface area contributed by atoms with Crippen LogP contribution in [-0.2, 0) is 0 Å². The molecule has 4 nitrogen and oxygen atoms in total. The third-order valence-corrected chi connectivity index (χ3v) is 2.74. The van der Waals surface area contributed by atoms with E-state index in [1.165, 1.54) is 6.07 Å². The van der Waals surface area contributed by atoms with Crippen LogP contribution in [0.4, 0.5) is 25.8 Å². The minimum Gasteiger partial charge on any atom is -0.492 e. The Balaban J connectivity index is 2.28.